The van der Waals surface area contributed by atoms with E-state index >= 15 is 0 Å². The molecule has 2 aromatic rings. The Kier molecular flexibility index (Phi) is 4.78. The predicted octanol–water partition coefficient (Wildman–Crippen LogP) is 3.97. The van der Waals surface area contributed by atoms with Crippen molar-refractivity contribution in [2.24, 2.45) is 17.8 Å². The van der Waals surface area contributed by atoms with Gasteiger partial charge in [0.1, 0.15) is 5.76 Å². The largest absolute Gasteiger partial charge is 0.467 e. The number of furan rings is 1. The molecule has 5 heteroatoms. The van der Waals surface area contributed by atoms with Crippen LogP contribution in [0.4, 0.5) is 5.69 Å². The number of carbonyl (C=O) groups is 2. The van der Waals surface area contributed by atoms with E-state index < -0.39 is 0 Å². The zero-order valence-corrected chi connectivity index (χ0v) is 14.7. The molecule has 0 bridgehead atoms. The highest BCUT2D eigenvalue weighted by Gasteiger charge is 2.42. The smallest absolute Gasteiger partial charge is 0.253 e. The van der Waals surface area contributed by atoms with E-state index in [0.717, 1.165) is 11.8 Å². The normalized spacial score (nSPS) is 16.5. The lowest BCUT2D eigenvalue weighted by atomic mass is 9.93. The van der Waals surface area contributed by atoms with E-state index in [-0.39, 0.29) is 11.8 Å². The van der Waals surface area contributed by atoms with Gasteiger partial charge < -0.3 is 15.1 Å². The molecular formula is C21H24N2O3. The molecule has 0 aliphatic heterocycles. The Labute approximate surface area is 153 Å². The van der Waals surface area contributed by atoms with Crippen molar-refractivity contribution in [2.45, 2.75) is 38.6 Å². The number of hydrogen-bond acceptors (Lipinski definition) is 3. The van der Waals surface area contributed by atoms with Crippen LogP contribution in [-0.2, 0) is 11.3 Å². The fraction of sp³-hybridized carbons (Fsp3) is 0.429. The first-order valence-corrected chi connectivity index (χ1v) is 9.40. The second-order valence-corrected chi connectivity index (χ2v) is 7.40. The minimum absolute atomic E-state index is 0.0140. The molecular weight excluding hydrogens is 328 g/mol. The van der Waals surface area contributed by atoms with Crippen molar-refractivity contribution in [3.63, 3.8) is 0 Å². The first-order valence-electron chi connectivity index (χ1n) is 9.40. The van der Waals surface area contributed by atoms with Crippen molar-refractivity contribution >= 4 is 17.5 Å². The molecule has 0 unspecified atom stereocenters. The maximum absolute atomic E-state index is 12.5. The molecule has 2 saturated carbocycles. The summed E-state index contributed by atoms with van der Waals surface area (Å²) in [4.78, 5) is 25.0. The number of para-hydroxylation sites is 1. The van der Waals surface area contributed by atoms with E-state index in [0.29, 0.717) is 35.9 Å². The van der Waals surface area contributed by atoms with Crippen LogP contribution in [0.25, 0.3) is 0 Å². The summed E-state index contributed by atoms with van der Waals surface area (Å²) >= 11 is 0. The topological polar surface area (TPSA) is 71.3 Å². The third kappa shape index (κ3) is 4.15. The summed E-state index contributed by atoms with van der Waals surface area (Å²) in [5.41, 5.74) is 1.04. The van der Waals surface area contributed by atoms with Crippen molar-refractivity contribution < 1.29 is 14.0 Å². The standard InChI is InChI=1S/C21H24N2O3/c24-20(12-18(14-7-8-14)15-9-10-15)23-19-6-2-1-5-17(19)21(25)22-13-16-4-3-11-26-16/h1-6,11,14-15,18H,7-10,12-13H2,(H,22,25)(H,23,24). The number of carbonyl (C=O) groups excluding carboxylic acids is 2. The number of anilines is 1. The van der Waals surface area contributed by atoms with Gasteiger partial charge in [0.05, 0.1) is 24.1 Å². The van der Waals surface area contributed by atoms with Crippen molar-refractivity contribution in [1.29, 1.82) is 0 Å². The summed E-state index contributed by atoms with van der Waals surface area (Å²) in [5.74, 6) is 2.48. The highest BCUT2D eigenvalue weighted by molar-refractivity contribution is 6.03. The van der Waals surface area contributed by atoms with Gasteiger partial charge in [-0.3, -0.25) is 9.59 Å². The van der Waals surface area contributed by atoms with Crippen LogP contribution in [0.2, 0.25) is 0 Å². The number of benzene rings is 1. The van der Waals surface area contributed by atoms with Crippen LogP contribution in [0.1, 0.15) is 48.2 Å². The molecule has 2 amide bonds. The predicted molar refractivity (Wildman–Crippen MR) is 98.5 cm³/mol. The van der Waals surface area contributed by atoms with E-state index in [1.165, 1.54) is 25.7 Å². The molecule has 1 aromatic carbocycles. The van der Waals surface area contributed by atoms with Crippen LogP contribution in [0.5, 0.6) is 0 Å². The van der Waals surface area contributed by atoms with E-state index in [1.807, 2.05) is 12.1 Å². The average molecular weight is 352 g/mol. The zero-order chi connectivity index (χ0) is 17.9. The monoisotopic (exact) mass is 352 g/mol. The van der Waals surface area contributed by atoms with Gasteiger partial charge in [-0.1, -0.05) is 12.1 Å². The van der Waals surface area contributed by atoms with Crippen LogP contribution in [0, 0.1) is 17.8 Å². The molecule has 4 rings (SSSR count). The molecule has 0 atom stereocenters. The van der Waals surface area contributed by atoms with Crippen molar-refractivity contribution in [3.8, 4) is 0 Å². The lowest BCUT2D eigenvalue weighted by Gasteiger charge is -2.16. The minimum atomic E-state index is -0.224. The second-order valence-electron chi connectivity index (χ2n) is 7.40. The SMILES string of the molecule is O=C(CC(C1CC1)C1CC1)Nc1ccccc1C(=O)NCc1ccco1. The average Bonchev–Trinajstić information content (AvgIpc) is 3.58. The summed E-state index contributed by atoms with van der Waals surface area (Å²) in [7, 11) is 0. The molecule has 2 aliphatic carbocycles. The van der Waals surface area contributed by atoms with Gasteiger partial charge in [0.25, 0.3) is 5.91 Å². The lowest BCUT2D eigenvalue weighted by molar-refractivity contribution is -0.117. The fourth-order valence-electron chi connectivity index (χ4n) is 3.65. The Bertz CT molecular complexity index is 764. The Morgan fingerprint density at radius 3 is 2.42 bits per heavy atom. The molecule has 1 heterocycles. The molecule has 26 heavy (non-hydrogen) atoms. The second kappa shape index (κ2) is 7.36. The summed E-state index contributed by atoms with van der Waals surface area (Å²) < 4.78 is 5.23. The Balaban J connectivity index is 1.38. The summed E-state index contributed by atoms with van der Waals surface area (Å²) in [6, 6.07) is 10.7. The van der Waals surface area contributed by atoms with Crippen LogP contribution in [-0.4, -0.2) is 11.8 Å². The molecule has 1 aromatic heterocycles. The number of nitrogens with one attached hydrogen (secondary N) is 2. The highest BCUT2D eigenvalue weighted by Crippen LogP contribution is 2.50. The summed E-state index contributed by atoms with van der Waals surface area (Å²) in [5, 5.41) is 5.79. The molecule has 136 valence electrons. The molecule has 2 N–H and O–H groups in total. The Hall–Kier alpha value is -2.56. The van der Waals surface area contributed by atoms with Crippen LogP contribution < -0.4 is 10.6 Å². The van der Waals surface area contributed by atoms with E-state index in [2.05, 4.69) is 10.6 Å². The van der Waals surface area contributed by atoms with Gasteiger partial charge in [-0.05, 0) is 67.7 Å². The highest BCUT2D eigenvalue weighted by atomic mass is 16.3. The maximum atomic E-state index is 12.5. The first kappa shape index (κ1) is 16.9. The van der Waals surface area contributed by atoms with Gasteiger partial charge in [-0.2, -0.15) is 0 Å². The minimum Gasteiger partial charge on any atom is -0.467 e. The van der Waals surface area contributed by atoms with E-state index in [9.17, 15) is 9.59 Å². The van der Waals surface area contributed by atoms with E-state index in [1.54, 1.807) is 30.5 Å². The molecule has 2 aliphatic rings. The van der Waals surface area contributed by atoms with Gasteiger partial charge in [-0.25, -0.2) is 0 Å². The van der Waals surface area contributed by atoms with Gasteiger partial charge in [0.2, 0.25) is 5.91 Å². The maximum Gasteiger partial charge on any atom is 0.253 e. The summed E-state index contributed by atoms with van der Waals surface area (Å²) in [6.45, 7) is 0.319. The third-order valence-corrected chi connectivity index (χ3v) is 5.33. The van der Waals surface area contributed by atoms with Gasteiger partial charge in [0.15, 0.2) is 0 Å². The van der Waals surface area contributed by atoms with Crippen molar-refractivity contribution in [2.75, 3.05) is 5.32 Å². The van der Waals surface area contributed by atoms with Gasteiger partial charge in [-0.15, -0.1) is 0 Å². The molecule has 0 radical (unpaired) electrons. The van der Waals surface area contributed by atoms with Crippen LogP contribution in [0.15, 0.2) is 47.1 Å². The van der Waals surface area contributed by atoms with E-state index in [4.69, 9.17) is 4.42 Å². The molecule has 5 nitrogen and oxygen atoms in total. The van der Waals surface area contributed by atoms with Crippen LogP contribution in [0.3, 0.4) is 0 Å². The third-order valence-electron chi connectivity index (χ3n) is 5.33. The summed E-state index contributed by atoms with van der Waals surface area (Å²) in [6.07, 6.45) is 7.20. The first-order chi connectivity index (χ1) is 12.7. The Morgan fingerprint density at radius 2 is 1.77 bits per heavy atom. The molecule has 2 fully saturated rings. The van der Waals surface area contributed by atoms with Gasteiger partial charge >= 0.3 is 0 Å². The number of amides is 2. The molecule has 0 saturated heterocycles. The Morgan fingerprint density at radius 1 is 1.04 bits per heavy atom. The van der Waals surface area contributed by atoms with Crippen molar-refractivity contribution in [1.82, 2.24) is 5.32 Å². The number of rotatable bonds is 8. The zero-order valence-electron chi connectivity index (χ0n) is 14.7. The quantitative estimate of drug-likeness (QED) is 0.755. The lowest BCUT2D eigenvalue weighted by Crippen LogP contribution is -2.25. The van der Waals surface area contributed by atoms with Gasteiger partial charge in [0, 0.05) is 6.42 Å². The number of hydrogen-bond donors (Lipinski definition) is 2. The fourth-order valence-corrected chi connectivity index (χ4v) is 3.65. The molecule has 0 spiro atoms. The van der Waals surface area contributed by atoms with Crippen molar-refractivity contribution in [3.05, 3.63) is 54.0 Å². The van der Waals surface area contributed by atoms with Crippen LogP contribution >= 0.6 is 0 Å².